The summed E-state index contributed by atoms with van der Waals surface area (Å²) in [6, 6.07) is 0. The SMILES string of the molecule is CCC=CCC=CCC=CCC=CCC=CCC=CCCC(=O)OC(COC(=O)CCCCCCCCCCCCCCC)COC1OC(CS(=O)(=O)O)C(O)C(O)C1O. The molecular weight excluding hydrogens is 789 g/mol. The second-order valence-corrected chi connectivity index (χ2v) is 16.8. The van der Waals surface area contributed by atoms with Gasteiger partial charge in [-0.1, -0.05) is 164 Å². The van der Waals surface area contributed by atoms with Crippen molar-refractivity contribution in [1.82, 2.24) is 0 Å². The predicted octanol–water partition coefficient (Wildman–Crippen LogP) is 9.11. The lowest BCUT2D eigenvalue weighted by Gasteiger charge is -2.40. The summed E-state index contributed by atoms with van der Waals surface area (Å²) in [5.41, 5.74) is 0. The Balaban J connectivity index is 2.52. The number of carbonyl (C=O) groups is 2. The molecule has 1 fully saturated rings. The summed E-state index contributed by atoms with van der Waals surface area (Å²) in [5.74, 6) is -2.10. The molecule has 0 radical (unpaired) electrons. The van der Waals surface area contributed by atoms with Crippen molar-refractivity contribution in [3.8, 4) is 0 Å². The van der Waals surface area contributed by atoms with Gasteiger partial charge in [-0.25, -0.2) is 0 Å². The molecular formula is C47H78O12S. The van der Waals surface area contributed by atoms with Crippen molar-refractivity contribution in [2.75, 3.05) is 19.0 Å². The van der Waals surface area contributed by atoms with E-state index in [2.05, 4.69) is 68.5 Å². The quantitative estimate of drug-likeness (QED) is 0.0203. The number of aliphatic hydroxyl groups excluding tert-OH is 3. The van der Waals surface area contributed by atoms with Crippen LogP contribution in [0.4, 0.5) is 0 Å². The number of aliphatic hydroxyl groups is 3. The second kappa shape index (κ2) is 36.7. The highest BCUT2D eigenvalue weighted by atomic mass is 32.2. The van der Waals surface area contributed by atoms with Gasteiger partial charge in [-0.2, -0.15) is 8.42 Å². The Bertz CT molecular complexity index is 1390. The summed E-state index contributed by atoms with van der Waals surface area (Å²) >= 11 is 0. The van der Waals surface area contributed by atoms with E-state index in [-0.39, 0.29) is 19.4 Å². The molecule has 0 aliphatic carbocycles. The number of rotatable bonds is 36. The number of hydrogen-bond donors (Lipinski definition) is 4. The molecule has 60 heavy (non-hydrogen) atoms. The zero-order valence-electron chi connectivity index (χ0n) is 36.5. The lowest BCUT2D eigenvalue weighted by Crippen LogP contribution is -2.60. The van der Waals surface area contributed by atoms with Crippen LogP contribution in [0.5, 0.6) is 0 Å². The molecule has 0 aromatic heterocycles. The van der Waals surface area contributed by atoms with E-state index in [4.69, 9.17) is 18.9 Å². The van der Waals surface area contributed by atoms with Crippen LogP contribution in [0.3, 0.4) is 0 Å². The number of carbonyl (C=O) groups excluding carboxylic acids is 2. The van der Waals surface area contributed by atoms with Crippen LogP contribution in [0.25, 0.3) is 0 Å². The van der Waals surface area contributed by atoms with Gasteiger partial charge in [0.15, 0.2) is 12.4 Å². The molecule has 1 heterocycles. The van der Waals surface area contributed by atoms with Gasteiger partial charge in [0.05, 0.1) is 6.61 Å². The van der Waals surface area contributed by atoms with Crippen molar-refractivity contribution in [3.63, 3.8) is 0 Å². The molecule has 1 aliphatic heterocycles. The highest BCUT2D eigenvalue weighted by Crippen LogP contribution is 2.24. The second-order valence-electron chi connectivity index (χ2n) is 15.3. The molecule has 344 valence electrons. The Morgan fingerprint density at radius 2 is 1.05 bits per heavy atom. The average molecular weight is 867 g/mol. The molecule has 4 N–H and O–H groups in total. The van der Waals surface area contributed by atoms with Crippen LogP contribution in [0, 0.1) is 0 Å². The number of hydrogen-bond acceptors (Lipinski definition) is 11. The smallest absolute Gasteiger partial charge is 0.306 e. The molecule has 0 aromatic rings. The van der Waals surface area contributed by atoms with E-state index < -0.39 is 71.2 Å². The van der Waals surface area contributed by atoms with Gasteiger partial charge in [0.25, 0.3) is 10.1 Å². The highest BCUT2D eigenvalue weighted by Gasteiger charge is 2.46. The van der Waals surface area contributed by atoms with Gasteiger partial charge in [0, 0.05) is 12.8 Å². The van der Waals surface area contributed by atoms with Gasteiger partial charge >= 0.3 is 11.9 Å². The summed E-state index contributed by atoms with van der Waals surface area (Å²) in [5, 5.41) is 30.9. The summed E-state index contributed by atoms with van der Waals surface area (Å²) < 4.78 is 53.9. The van der Waals surface area contributed by atoms with Gasteiger partial charge in [-0.3, -0.25) is 14.1 Å². The molecule has 0 bridgehead atoms. The number of allylic oxidation sites excluding steroid dienone is 12. The molecule has 6 atom stereocenters. The van der Waals surface area contributed by atoms with Crippen LogP contribution in [0.2, 0.25) is 0 Å². The standard InChI is InChI=1S/C47H78O12S/c1-3-5-7-9-11-13-15-17-18-19-20-21-22-24-26-28-30-32-34-36-43(49)58-40(38-57-47-46(52)45(51)44(50)41(59-47)39-60(53,54)55)37-56-42(48)35-33-31-29-27-25-23-16-14-12-10-8-6-4-2/h5,7,11,13,17-18,20-21,24,26,30,32,40-41,44-47,50-52H,3-4,6,8-10,12,14-16,19,22-23,25,27-29,31,33-39H2,1-2H3,(H,53,54,55). The van der Waals surface area contributed by atoms with E-state index in [9.17, 15) is 37.9 Å². The minimum atomic E-state index is -4.61. The zero-order chi connectivity index (χ0) is 44.1. The maximum absolute atomic E-state index is 12.8. The van der Waals surface area contributed by atoms with Crippen molar-refractivity contribution in [1.29, 1.82) is 0 Å². The fourth-order valence-electron chi connectivity index (χ4n) is 6.35. The summed E-state index contributed by atoms with van der Waals surface area (Å²) in [7, 11) is -4.61. The first-order chi connectivity index (χ1) is 29.0. The van der Waals surface area contributed by atoms with Crippen molar-refractivity contribution in [2.45, 2.75) is 192 Å². The van der Waals surface area contributed by atoms with Crippen LogP contribution < -0.4 is 0 Å². The predicted molar refractivity (Wildman–Crippen MR) is 238 cm³/mol. The Morgan fingerprint density at radius 3 is 1.53 bits per heavy atom. The van der Waals surface area contributed by atoms with Crippen LogP contribution in [0.1, 0.15) is 155 Å². The molecule has 0 aromatic carbocycles. The van der Waals surface area contributed by atoms with E-state index in [0.29, 0.717) is 19.3 Å². The molecule has 12 nitrogen and oxygen atoms in total. The minimum Gasteiger partial charge on any atom is -0.462 e. The molecule has 0 amide bonds. The van der Waals surface area contributed by atoms with E-state index in [1.165, 1.54) is 57.8 Å². The third-order valence-electron chi connectivity index (χ3n) is 9.81. The van der Waals surface area contributed by atoms with Gasteiger partial charge in [0.1, 0.15) is 36.8 Å². The molecule has 6 unspecified atom stereocenters. The van der Waals surface area contributed by atoms with Crippen LogP contribution in [0.15, 0.2) is 72.9 Å². The number of ether oxygens (including phenoxy) is 4. The Labute approximate surface area is 361 Å². The highest BCUT2D eigenvalue weighted by molar-refractivity contribution is 7.85. The number of esters is 2. The lowest BCUT2D eigenvalue weighted by atomic mass is 10.00. The molecule has 1 rings (SSSR count). The third kappa shape index (κ3) is 31.0. The molecule has 0 spiro atoms. The molecule has 13 heteroatoms. The van der Waals surface area contributed by atoms with Crippen molar-refractivity contribution < 1.29 is 56.8 Å². The third-order valence-corrected chi connectivity index (χ3v) is 10.6. The lowest BCUT2D eigenvalue weighted by molar-refractivity contribution is -0.297. The fraction of sp³-hybridized carbons (Fsp3) is 0.702. The minimum absolute atomic E-state index is 0.0372. The average Bonchev–Trinajstić information content (AvgIpc) is 3.21. The van der Waals surface area contributed by atoms with Crippen molar-refractivity contribution in [2.24, 2.45) is 0 Å². The maximum atomic E-state index is 12.8. The first kappa shape index (κ1) is 55.1. The maximum Gasteiger partial charge on any atom is 0.306 e. The summed E-state index contributed by atoms with van der Waals surface area (Å²) in [6.45, 7) is 3.57. The molecule has 1 saturated heterocycles. The Hall–Kier alpha value is -2.91. The monoisotopic (exact) mass is 867 g/mol. The summed E-state index contributed by atoms with van der Waals surface area (Å²) in [4.78, 5) is 25.4. The normalized spacial score (nSPS) is 20.8. The van der Waals surface area contributed by atoms with Crippen LogP contribution in [-0.2, 0) is 38.7 Å². The fourth-order valence-corrected chi connectivity index (χ4v) is 7.04. The van der Waals surface area contributed by atoms with E-state index in [1.54, 1.807) is 0 Å². The largest absolute Gasteiger partial charge is 0.462 e. The van der Waals surface area contributed by atoms with Gasteiger partial charge in [0.2, 0.25) is 0 Å². The molecule has 1 aliphatic rings. The molecule has 0 saturated carbocycles. The van der Waals surface area contributed by atoms with Crippen LogP contribution in [-0.4, -0.2) is 96.0 Å². The number of unbranched alkanes of at least 4 members (excludes halogenated alkanes) is 12. The van der Waals surface area contributed by atoms with Crippen molar-refractivity contribution >= 4 is 22.1 Å². The van der Waals surface area contributed by atoms with E-state index >= 15 is 0 Å². The van der Waals surface area contributed by atoms with Gasteiger partial charge in [-0.05, 0) is 51.4 Å². The topological polar surface area (TPSA) is 186 Å². The Morgan fingerprint density at radius 1 is 0.583 bits per heavy atom. The van der Waals surface area contributed by atoms with Crippen LogP contribution >= 0.6 is 0 Å². The van der Waals surface area contributed by atoms with E-state index in [0.717, 1.165) is 51.4 Å². The van der Waals surface area contributed by atoms with E-state index in [1.807, 2.05) is 18.2 Å². The zero-order valence-corrected chi connectivity index (χ0v) is 37.3. The first-order valence-corrected chi connectivity index (χ1v) is 24.1. The van der Waals surface area contributed by atoms with Gasteiger partial charge < -0.3 is 34.3 Å². The van der Waals surface area contributed by atoms with Gasteiger partial charge in [-0.15, -0.1) is 0 Å². The Kier molecular flexibility index (Phi) is 33.7. The van der Waals surface area contributed by atoms with Crippen molar-refractivity contribution in [3.05, 3.63) is 72.9 Å². The summed E-state index contributed by atoms with van der Waals surface area (Å²) in [6.07, 6.45) is 36.7. The first-order valence-electron chi connectivity index (χ1n) is 22.5.